The van der Waals surface area contributed by atoms with Crippen LogP contribution in [0.1, 0.15) is 47.5 Å². The van der Waals surface area contributed by atoms with Gasteiger partial charge in [0.1, 0.15) is 0 Å². The van der Waals surface area contributed by atoms with Crippen molar-refractivity contribution >= 4 is 11.3 Å². The van der Waals surface area contributed by atoms with Crippen molar-refractivity contribution in [3.05, 3.63) is 51.5 Å². The molecular weight excluding hydrogens is 240 g/mol. The third kappa shape index (κ3) is 3.18. The molecule has 1 unspecified atom stereocenters. The van der Waals surface area contributed by atoms with E-state index in [0.29, 0.717) is 0 Å². The number of nitrogens with zero attached hydrogens (tertiary/aromatic N) is 1. The molecule has 0 aliphatic carbocycles. The summed E-state index contributed by atoms with van der Waals surface area (Å²) in [7, 11) is 0. The van der Waals surface area contributed by atoms with Gasteiger partial charge in [-0.3, -0.25) is 0 Å². The van der Waals surface area contributed by atoms with Gasteiger partial charge in [-0.2, -0.15) is 0 Å². The van der Waals surface area contributed by atoms with Crippen LogP contribution in [0.4, 0.5) is 0 Å². The Morgan fingerprint density at radius 1 is 1.28 bits per heavy atom. The first-order chi connectivity index (χ1) is 8.70. The summed E-state index contributed by atoms with van der Waals surface area (Å²) in [5.74, 6) is 0. The maximum absolute atomic E-state index is 6.02. The minimum absolute atomic E-state index is 0.0913. The molecule has 0 spiro atoms. The van der Waals surface area contributed by atoms with Crippen LogP contribution in [0.2, 0.25) is 0 Å². The number of thiazole rings is 1. The highest BCUT2D eigenvalue weighted by molar-refractivity contribution is 7.11. The Morgan fingerprint density at radius 2 is 2.00 bits per heavy atom. The SMILES string of the molecule is CCCc1nc(Cc2ccccc2)sc1C(C)N. The van der Waals surface area contributed by atoms with Crippen molar-refractivity contribution in [2.75, 3.05) is 0 Å². The first-order valence-corrected chi connectivity index (χ1v) is 7.30. The Kier molecular flexibility index (Phi) is 4.50. The van der Waals surface area contributed by atoms with E-state index in [1.165, 1.54) is 21.1 Å². The molecule has 96 valence electrons. The van der Waals surface area contributed by atoms with Crippen LogP contribution in [0, 0.1) is 0 Å². The molecule has 1 aromatic heterocycles. The molecule has 0 fully saturated rings. The Labute approximate surface area is 113 Å². The fraction of sp³-hybridized carbons (Fsp3) is 0.400. The highest BCUT2D eigenvalue weighted by Gasteiger charge is 2.13. The van der Waals surface area contributed by atoms with Crippen LogP contribution in [-0.4, -0.2) is 4.98 Å². The van der Waals surface area contributed by atoms with Gasteiger partial charge in [-0.1, -0.05) is 43.7 Å². The lowest BCUT2D eigenvalue weighted by Crippen LogP contribution is -2.05. The fourth-order valence-corrected chi connectivity index (χ4v) is 3.13. The zero-order chi connectivity index (χ0) is 13.0. The average molecular weight is 260 g/mol. The van der Waals surface area contributed by atoms with Gasteiger partial charge in [0.05, 0.1) is 10.7 Å². The minimum Gasteiger partial charge on any atom is -0.323 e. The molecule has 2 rings (SSSR count). The molecule has 1 heterocycles. The van der Waals surface area contributed by atoms with Gasteiger partial charge >= 0.3 is 0 Å². The lowest BCUT2D eigenvalue weighted by atomic mass is 10.1. The molecule has 0 aliphatic heterocycles. The minimum atomic E-state index is 0.0913. The largest absolute Gasteiger partial charge is 0.323 e. The van der Waals surface area contributed by atoms with Crippen LogP contribution < -0.4 is 5.73 Å². The van der Waals surface area contributed by atoms with Gasteiger partial charge in [-0.25, -0.2) is 4.98 Å². The van der Waals surface area contributed by atoms with Crippen molar-refractivity contribution in [1.82, 2.24) is 4.98 Å². The second kappa shape index (κ2) is 6.12. The van der Waals surface area contributed by atoms with Crippen molar-refractivity contribution in [3.8, 4) is 0 Å². The normalized spacial score (nSPS) is 12.6. The summed E-state index contributed by atoms with van der Waals surface area (Å²) in [5.41, 5.74) is 8.53. The van der Waals surface area contributed by atoms with Crippen LogP contribution in [0.15, 0.2) is 30.3 Å². The van der Waals surface area contributed by atoms with E-state index in [-0.39, 0.29) is 6.04 Å². The highest BCUT2D eigenvalue weighted by Crippen LogP contribution is 2.26. The second-order valence-corrected chi connectivity index (χ2v) is 5.73. The summed E-state index contributed by atoms with van der Waals surface area (Å²) in [5, 5.41) is 1.18. The van der Waals surface area contributed by atoms with E-state index in [2.05, 4.69) is 31.2 Å². The van der Waals surface area contributed by atoms with Gasteiger partial charge in [0.2, 0.25) is 0 Å². The molecule has 2 nitrogen and oxygen atoms in total. The Bertz CT molecular complexity index is 488. The van der Waals surface area contributed by atoms with Crippen molar-refractivity contribution in [2.45, 2.75) is 39.2 Å². The molecule has 0 aliphatic rings. The first kappa shape index (κ1) is 13.2. The van der Waals surface area contributed by atoms with Crippen molar-refractivity contribution in [3.63, 3.8) is 0 Å². The smallest absolute Gasteiger partial charge is 0.0975 e. The van der Waals surface area contributed by atoms with Crippen molar-refractivity contribution in [2.24, 2.45) is 5.73 Å². The lowest BCUT2D eigenvalue weighted by Gasteiger charge is -2.03. The van der Waals surface area contributed by atoms with Crippen LogP contribution in [0.5, 0.6) is 0 Å². The number of benzene rings is 1. The topological polar surface area (TPSA) is 38.9 Å². The number of nitrogens with two attached hydrogens (primary N) is 1. The molecule has 0 saturated heterocycles. The Hall–Kier alpha value is -1.19. The molecule has 1 atom stereocenters. The summed E-state index contributed by atoms with van der Waals surface area (Å²) in [4.78, 5) is 6.01. The fourth-order valence-electron chi connectivity index (χ4n) is 2.03. The number of hydrogen-bond acceptors (Lipinski definition) is 3. The molecule has 2 N–H and O–H groups in total. The molecule has 1 aromatic carbocycles. The molecule has 18 heavy (non-hydrogen) atoms. The summed E-state index contributed by atoms with van der Waals surface area (Å²) in [6.07, 6.45) is 3.06. The van der Waals surface area contributed by atoms with Crippen molar-refractivity contribution in [1.29, 1.82) is 0 Å². The predicted octanol–water partition coefficient (Wildman–Crippen LogP) is 3.71. The molecule has 0 amide bonds. The lowest BCUT2D eigenvalue weighted by molar-refractivity contribution is 0.791. The van der Waals surface area contributed by atoms with Crippen molar-refractivity contribution < 1.29 is 0 Å². The maximum atomic E-state index is 6.02. The summed E-state index contributed by atoms with van der Waals surface area (Å²) >= 11 is 1.77. The molecule has 0 radical (unpaired) electrons. The summed E-state index contributed by atoms with van der Waals surface area (Å²) < 4.78 is 0. The molecular formula is C15H20N2S. The van der Waals surface area contributed by atoms with Gasteiger partial charge in [0.25, 0.3) is 0 Å². The average Bonchev–Trinajstić information content (AvgIpc) is 2.74. The molecule has 0 bridgehead atoms. The third-order valence-corrected chi connectivity index (χ3v) is 4.17. The highest BCUT2D eigenvalue weighted by atomic mass is 32.1. The third-order valence-electron chi connectivity index (χ3n) is 2.87. The zero-order valence-electron chi connectivity index (χ0n) is 11.0. The Balaban J connectivity index is 2.21. The summed E-state index contributed by atoms with van der Waals surface area (Å²) in [6.45, 7) is 4.22. The van der Waals surface area contributed by atoms with E-state index < -0.39 is 0 Å². The van der Waals surface area contributed by atoms with Gasteiger partial charge < -0.3 is 5.73 Å². The number of aromatic nitrogens is 1. The standard InChI is InChI=1S/C15H20N2S/c1-3-7-13-15(11(2)16)18-14(17-13)10-12-8-5-4-6-9-12/h4-6,8-9,11H,3,7,10,16H2,1-2H3. The van der Waals surface area contributed by atoms with Crippen LogP contribution >= 0.6 is 11.3 Å². The first-order valence-electron chi connectivity index (χ1n) is 6.48. The predicted molar refractivity (Wildman–Crippen MR) is 78.0 cm³/mol. The number of hydrogen-bond donors (Lipinski definition) is 1. The molecule has 3 heteroatoms. The van der Waals surface area contributed by atoms with E-state index in [9.17, 15) is 0 Å². The summed E-state index contributed by atoms with van der Waals surface area (Å²) in [6, 6.07) is 10.6. The van der Waals surface area contributed by atoms with Gasteiger partial charge in [-0.05, 0) is 18.9 Å². The zero-order valence-corrected chi connectivity index (χ0v) is 11.8. The Morgan fingerprint density at radius 3 is 2.61 bits per heavy atom. The number of aryl methyl sites for hydroxylation is 1. The maximum Gasteiger partial charge on any atom is 0.0975 e. The van der Waals surface area contributed by atoms with Gasteiger partial charge in [-0.15, -0.1) is 11.3 Å². The van der Waals surface area contributed by atoms with Gasteiger partial charge in [0.15, 0.2) is 0 Å². The van der Waals surface area contributed by atoms with Crippen LogP contribution in [0.25, 0.3) is 0 Å². The molecule has 0 saturated carbocycles. The second-order valence-electron chi connectivity index (χ2n) is 4.62. The van der Waals surface area contributed by atoms with E-state index in [1.807, 2.05) is 13.0 Å². The number of rotatable bonds is 5. The van der Waals surface area contributed by atoms with E-state index >= 15 is 0 Å². The molecule has 2 aromatic rings. The quantitative estimate of drug-likeness (QED) is 0.890. The monoisotopic (exact) mass is 260 g/mol. The van der Waals surface area contributed by atoms with Gasteiger partial charge in [0, 0.05) is 17.3 Å². The van der Waals surface area contributed by atoms with Crippen LogP contribution in [0.3, 0.4) is 0 Å². The van der Waals surface area contributed by atoms with E-state index in [0.717, 1.165) is 19.3 Å². The van der Waals surface area contributed by atoms with Crippen LogP contribution in [-0.2, 0) is 12.8 Å². The van der Waals surface area contributed by atoms with E-state index in [1.54, 1.807) is 11.3 Å². The van der Waals surface area contributed by atoms with E-state index in [4.69, 9.17) is 10.7 Å².